The maximum absolute atomic E-state index is 12.4. The highest BCUT2D eigenvalue weighted by molar-refractivity contribution is 7.09. The number of likely N-dealkylation sites (N-methyl/N-ethyl adjacent to an activating group) is 1. The molecule has 1 aromatic heterocycles. The molecule has 1 heterocycles. The van der Waals surface area contributed by atoms with Crippen molar-refractivity contribution in [1.82, 2.24) is 9.88 Å². The number of carbonyl (C=O) groups excluding carboxylic acids is 1. The Kier molecular flexibility index (Phi) is 4.39. The van der Waals surface area contributed by atoms with Gasteiger partial charge in [-0.3, -0.25) is 4.79 Å². The van der Waals surface area contributed by atoms with Gasteiger partial charge in [0, 0.05) is 42.2 Å². The van der Waals surface area contributed by atoms with Crippen molar-refractivity contribution in [3.8, 4) is 5.75 Å². The molecule has 2 aromatic rings. The normalized spacial score (nSPS) is 12.2. The second kappa shape index (κ2) is 6.05. The number of carbonyl (C=O) groups is 1. The molecule has 0 aliphatic heterocycles. The van der Waals surface area contributed by atoms with E-state index >= 15 is 0 Å². The van der Waals surface area contributed by atoms with Crippen LogP contribution in [0.2, 0.25) is 0 Å². The van der Waals surface area contributed by atoms with Gasteiger partial charge in [-0.15, -0.1) is 11.3 Å². The third kappa shape index (κ3) is 2.99. The first kappa shape index (κ1) is 14.5. The van der Waals surface area contributed by atoms with Crippen LogP contribution in [-0.2, 0) is 0 Å². The Bertz CT molecular complexity index is 596. The summed E-state index contributed by atoms with van der Waals surface area (Å²) in [5.74, 6) is 0.264. The van der Waals surface area contributed by atoms with Crippen molar-refractivity contribution in [3.05, 3.63) is 45.9 Å². The van der Waals surface area contributed by atoms with Gasteiger partial charge in [0.2, 0.25) is 0 Å². The molecule has 4 nitrogen and oxygen atoms in total. The number of hydrogen-bond donors (Lipinski definition) is 1. The van der Waals surface area contributed by atoms with Gasteiger partial charge in [-0.25, -0.2) is 4.98 Å². The number of phenols is 1. The fourth-order valence-electron chi connectivity index (χ4n) is 2.11. The Hall–Kier alpha value is -1.88. The third-order valence-corrected chi connectivity index (χ3v) is 4.31. The predicted molar refractivity (Wildman–Crippen MR) is 80.3 cm³/mol. The average Bonchev–Trinajstić information content (AvgIpc) is 2.95. The number of aromatic hydroxyl groups is 1. The molecule has 1 amide bonds. The van der Waals surface area contributed by atoms with E-state index in [1.54, 1.807) is 54.6 Å². The molecule has 0 saturated heterocycles. The van der Waals surface area contributed by atoms with E-state index in [0.29, 0.717) is 17.7 Å². The monoisotopic (exact) mass is 290 g/mol. The number of rotatable bonds is 4. The zero-order chi connectivity index (χ0) is 14.7. The molecule has 0 spiro atoms. The first-order valence-corrected chi connectivity index (χ1v) is 7.32. The maximum Gasteiger partial charge on any atom is 0.254 e. The fourth-order valence-corrected chi connectivity index (χ4v) is 2.80. The van der Waals surface area contributed by atoms with Crippen molar-refractivity contribution in [1.29, 1.82) is 0 Å². The zero-order valence-corrected chi connectivity index (χ0v) is 12.6. The Balaban J connectivity index is 2.11. The molecule has 0 aliphatic rings. The summed E-state index contributed by atoms with van der Waals surface area (Å²) in [5.41, 5.74) is 1.16. The largest absolute Gasteiger partial charge is 0.508 e. The number of aromatic nitrogens is 1. The third-order valence-electron chi connectivity index (χ3n) is 3.30. The van der Waals surface area contributed by atoms with Crippen LogP contribution in [0.25, 0.3) is 0 Å². The maximum atomic E-state index is 12.4. The van der Waals surface area contributed by atoms with Crippen molar-refractivity contribution < 1.29 is 9.90 Å². The van der Waals surface area contributed by atoms with Crippen LogP contribution in [0.4, 0.5) is 0 Å². The van der Waals surface area contributed by atoms with Gasteiger partial charge in [-0.2, -0.15) is 0 Å². The highest BCUT2D eigenvalue weighted by Crippen LogP contribution is 2.23. The van der Waals surface area contributed by atoms with E-state index in [0.717, 1.165) is 5.01 Å². The first-order chi connectivity index (χ1) is 9.50. The summed E-state index contributed by atoms with van der Waals surface area (Å²) in [6.45, 7) is 4.40. The summed E-state index contributed by atoms with van der Waals surface area (Å²) in [6, 6.07) is 5.01. The number of phenolic OH excluding ortho intramolecular Hbond substituents is 1. The topological polar surface area (TPSA) is 53.4 Å². The molecule has 1 N–H and O–H groups in total. The lowest BCUT2D eigenvalue weighted by molar-refractivity contribution is 0.0787. The molecule has 0 radical (unpaired) electrons. The molecular formula is C15H18N2O2S. The molecule has 106 valence electrons. The fraction of sp³-hybridized carbons (Fsp3) is 0.333. The molecule has 2 rings (SSSR count). The van der Waals surface area contributed by atoms with Crippen LogP contribution in [0.5, 0.6) is 5.75 Å². The summed E-state index contributed by atoms with van der Waals surface area (Å²) >= 11 is 1.60. The van der Waals surface area contributed by atoms with E-state index < -0.39 is 0 Å². The summed E-state index contributed by atoms with van der Waals surface area (Å²) < 4.78 is 0. The molecule has 0 bridgehead atoms. The van der Waals surface area contributed by atoms with Gasteiger partial charge < -0.3 is 10.0 Å². The Morgan fingerprint density at radius 1 is 1.50 bits per heavy atom. The SMILES string of the molecule is Cc1c(O)cccc1C(=O)N(C)C[C@@H](C)c1nccs1. The van der Waals surface area contributed by atoms with Gasteiger partial charge in [0.1, 0.15) is 5.75 Å². The van der Waals surface area contributed by atoms with E-state index in [9.17, 15) is 9.90 Å². The number of nitrogens with zero attached hydrogens (tertiary/aromatic N) is 2. The summed E-state index contributed by atoms with van der Waals surface area (Å²) in [4.78, 5) is 18.4. The Labute approximate surface area is 122 Å². The molecule has 5 heteroatoms. The van der Waals surface area contributed by atoms with Crippen LogP contribution in [0.3, 0.4) is 0 Å². The first-order valence-electron chi connectivity index (χ1n) is 6.44. The number of benzene rings is 1. The van der Waals surface area contributed by atoms with Crippen LogP contribution in [0.15, 0.2) is 29.8 Å². The van der Waals surface area contributed by atoms with Gasteiger partial charge in [-0.05, 0) is 19.1 Å². The van der Waals surface area contributed by atoms with Crippen LogP contribution >= 0.6 is 11.3 Å². The summed E-state index contributed by atoms with van der Waals surface area (Å²) in [6.07, 6.45) is 1.78. The van der Waals surface area contributed by atoms with Crippen LogP contribution in [0, 0.1) is 6.92 Å². The summed E-state index contributed by atoms with van der Waals surface area (Å²) in [7, 11) is 1.77. The van der Waals surface area contributed by atoms with Gasteiger partial charge in [0.15, 0.2) is 0 Å². The van der Waals surface area contributed by atoms with Gasteiger partial charge >= 0.3 is 0 Å². The number of thiazole rings is 1. The minimum Gasteiger partial charge on any atom is -0.508 e. The smallest absolute Gasteiger partial charge is 0.254 e. The zero-order valence-electron chi connectivity index (χ0n) is 11.8. The highest BCUT2D eigenvalue weighted by atomic mass is 32.1. The van der Waals surface area contributed by atoms with Gasteiger partial charge in [0.25, 0.3) is 5.91 Å². The molecule has 0 saturated carbocycles. The Morgan fingerprint density at radius 3 is 2.90 bits per heavy atom. The average molecular weight is 290 g/mol. The molecular weight excluding hydrogens is 272 g/mol. The quantitative estimate of drug-likeness (QED) is 0.941. The Morgan fingerprint density at radius 2 is 2.25 bits per heavy atom. The molecule has 1 aromatic carbocycles. The molecule has 0 aliphatic carbocycles. The van der Waals surface area contributed by atoms with Crippen LogP contribution in [0.1, 0.15) is 33.8 Å². The van der Waals surface area contributed by atoms with E-state index in [2.05, 4.69) is 11.9 Å². The molecule has 1 atom stereocenters. The predicted octanol–water partition coefficient (Wildman–Crippen LogP) is 3.03. The molecule has 20 heavy (non-hydrogen) atoms. The number of amides is 1. The molecule has 0 fully saturated rings. The van der Waals surface area contributed by atoms with Crippen LogP contribution < -0.4 is 0 Å². The van der Waals surface area contributed by atoms with Crippen LogP contribution in [-0.4, -0.2) is 34.5 Å². The standard InChI is InChI=1S/C15H18N2O2S/c1-10(14-16-7-8-20-14)9-17(3)15(19)12-5-4-6-13(18)11(12)2/h4-8,10,18H,9H2,1-3H3/t10-/m1/s1. The van der Waals surface area contributed by atoms with E-state index in [1.165, 1.54) is 0 Å². The second-order valence-electron chi connectivity index (χ2n) is 4.91. The molecule has 0 unspecified atom stereocenters. The van der Waals surface area contributed by atoms with Crippen molar-refractivity contribution in [2.45, 2.75) is 19.8 Å². The number of hydrogen-bond acceptors (Lipinski definition) is 4. The lowest BCUT2D eigenvalue weighted by atomic mass is 10.1. The van der Waals surface area contributed by atoms with Gasteiger partial charge in [-0.1, -0.05) is 13.0 Å². The minimum absolute atomic E-state index is 0.0817. The van der Waals surface area contributed by atoms with Crippen molar-refractivity contribution in [2.75, 3.05) is 13.6 Å². The van der Waals surface area contributed by atoms with Crippen molar-refractivity contribution >= 4 is 17.2 Å². The highest BCUT2D eigenvalue weighted by Gasteiger charge is 2.19. The van der Waals surface area contributed by atoms with E-state index in [4.69, 9.17) is 0 Å². The van der Waals surface area contributed by atoms with E-state index in [1.807, 2.05) is 5.38 Å². The van der Waals surface area contributed by atoms with Gasteiger partial charge in [0.05, 0.1) is 5.01 Å². The summed E-state index contributed by atoms with van der Waals surface area (Å²) in [5, 5.41) is 12.6. The minimum atomic E-state index is -0.0817. The lowest BCUT2D eigenvalue weighted by Gasteiger charge is -2.21. The van der Waals surface area contributed by atoms with Crippen molar-refractivity contribution in [2.24, 2.45) is 0 Å². The van der Waals surface area contributed by atoms with Crippen molar-refractivity contribution in [3.63, 3.8) is 0 Å². The van der Waals surface area contributed by atoms with E-state index in [-0.39, 0.29) is 17.6 Å². The second-order valence-corrected chi connectivity index (χ2v) is 5.83. The lowest BCUT2D eigenvalue weighted by Crippen LogP contribution is -2.30.